The summed E-state index contributed by atoms with van der Waals surface area (Å²) in [6.07, 6.45) is 0. The first-order valence-electron chi connectivity index (χ1n) is 9.35. The second-order valence-electron chi connectivity index (χ2n) is 6.93. The van der Waals surface area contributed by atoms with Crippen LogP contribution in [-0.2, 0) is 11.3 Å². The number of hydrogen-bond donors (Lipinski definition) is 1. The third-order valence-corrected chi connectivity index (χ3v) is 5.30. The molecule has 0 radical (unpaired) electrons. The van der Waals surface area contributed by atoms with Crippen LogP contribution in [0.25, 0.3) is 11.4 Å². The van der Waals surface area contributed by atoms with Crippen LogP contribution in [0.5, 0.6) is 0 Å². The minimum Gasteiger partial charge on any atom is -0.354 e. The first-order chi connectivity index (χ1) is 13.5. The number of amides is 1. The maximum atomic E-state index is 12.1. The molecule has 0 saturated heterocycles. The van der Waals surface area contributed by atoms with Gasteiger partial charge in [-0.25, -0.2) is 0 Å². The Morgan fingerprint density at radius 1 is 1.11 bits per heavy atom. The zero-order chi connectivity index (χ0) is 19.9. The number of nitrogens with one attached hydrogen (secondary N) is 1. The van der Waals surface area contributed by atoms with Crippen LogP contribution in [0.1, 0.15) is 30.9 Å². The summed E-state index contributed by atoms with van der Waals surface area (Å²) < 4.78 is 0. The van der Waals surface area contributed by atoms with Crippen molar-refractivity contribution < 1.29 is 4.79 Å². The molecule has 0 aliphatic rings. The van der Waals surface area contributed by atoms with Gasteiger partial charge in [0, 0.05) is 22.8 Å². The van der Waals surface area contributed by atoms with Gasteiger partial charge in [-0.15, -0.1) is 22.0 Å². The van der Waals surface area contributed by atoms with Crippen molar-refractivity contribution in [3.63, 3.8) is 0 Å². The molecule has 7 heteroatoms. The van der Waals surface area contributed by atoms with Crippen LogP contribution in [0.3, 0.4) is 0 Å². The standard InChI is InChI=1S/C21H25N5OS/c1-15(2)17-6-8-18(9-7-17)21-23-25-26(24-21)14-20(27)22-12-13-28-19-10-4-16(3)5-11-19/h4-11,15H,12-14H2,1-3H3,(H,22,27). The molecule has 0 spiro atoms. The van der Waals surface area contributed by atoms with Gasteiger partial charge in [-0.1, -0.05) is 55.8 Å². The molecular weight excluding hydrogens is 370 g/mol. The van der Waals surface area contributed by atoms with Crippen LogP contribution < -0.4 is 5.32 Å². The summed E-state index contributed by atoms with van der Waals surface area (Å²) in [5.41, 5.74) is 3.40. The van der Waals surface area contributed by atoms with Crippen LogP contribution in [0.15, 0.2) is 53.4 Å². The van der Waals surface area contributed by atoms with Gasteiger partial charge in [-0.05, 0) is 35.8 Å². The van der Waals surface area contributed by atoms with Crippen molar-refractivity contribution in [3.8, 4) is 11.4 Å². The lowest BCUT2D eigenvalue weighted by atomic mass is 10.0. The fourth-order valence-electron chi connectivity index (χ4n) is 2.62. The molecule has 1 aromatic heterocycles. The molecule has 0 aliphatic heterocycles. The lowest BCUT2D eigenvalue weighted by molar-refractivity contribution is -0.121. The molecule has 1 heterocycles. The smallest absolute Gasteiger partial charge is 0.243 e. The van der Waals surface area contributed by atoms with E-state index in [1.807, 2.05) is 12.1 Å². The van der Waals surface area contributed by atoms with E-state index >= 15 is 0 Å². The molecule has 0 aliphatic carbocycles. The van der Waals surface area contributed by atoms with E-state index in [0.29, 0.717) is 18.3 Å². The van der Waals surface area contributed by atoms with Crippen LogP contribution in [-0.4, -0.2) is 38.4 Å². The molecule has 3 aromatic rings. The molecule has 28 heavy (non-hydrogen) atoms. The highest BCUT2D eigenvalue weighted by Gasteiger charge is 2.09. The zero-order valence-corrected chi connectivity index (χ0v) is 17.2. The van der Waals surface area contributed by atoms with Gasteiger partial charge in [0.05, 0.1) is 0 Å². The Labute approximate surface area is 169 Å². The fourth-order valence-corrected chi connectivity index (χ4v) is 3.39. The maximum absolute atomic E-state index is 12.1. The molecule has 0 unspecified atom stereocenters. The molecule has 1 N–H and O–H groups in total. The molecule has 0 saturated carbocycles. The highest BCUT2D eigenvalue weighted by molar-refractivity contribution is 7.99. The topological polar surface area (TPSA) is 72.7 Å². The number of carbonyl (C=O) groups is 1. The largest absolute Gasteiger partial charge is 0.354 e. The Morgan fingerprint density at radius 3 is 2.50 bits per heavy atom. The van der Waals surface area contributed by atoms with Gasteiger partial charge in [-0.3, -0.25) is 4.79 Å². The van der Waals surface area contributed by atoms with Gasteiger partial charge < -0.3 is 5.32 Å². The normalized spacial score (nSPS) is 11.0. The van der Waals surface area contributed by atoms with E-state index in [9.17, 15) is 4.79 Å². The molecule has 3 rings (SSSR count). The highest BCUT2D eigenvalue weighted by Crippen LogP contribution is 2.19. The predicted octanol–water partition coefficient (Wildman–Crippen LogP) is 3.68. The maximum Gasteiger partial charge on any atom is 0.243 e. The van der Waals surface area contributed by atoms with E-state index in [4.69, 9.17) is 0 Å². The van der Waals surface area contributed by atoms with Crippen LogP contribution in [0.4, 0.5) is 0 Å². The number of aromatic nitrogens is 4. The Bertz CT molecular complexity index is 903. The summed E-state index contributed by atoms with van der Waals surface area (Å²) in [4.78, 5) is 14.6. The van der Waals surface area contributed by atoms with Crippen molar-refractivity contribution in [1.29, 1.82) is 0 Å². The van der Waals surface area contributed by atoms with Crippen LogP contribution in [0.2, 0.25) is 0 Å². The van der Waals surface area contributed by atoms with Crippen molar-refractivity contribution in [2.75, 3.05) is 12.3 Å². The molecule has 1 amide bonds. The second kappa shape index (κ2) is 9.50. The minimum absolute atomic E-state index is 0.0618. The minimum atomic E-state index is -0.122. The fraction of sp³-hybridized carbons (Fsp3) is 0.333. The van der Waals surface area contributed by atoms with Crippen molar-refractivity contribution in [3.05, 3.63) is 59.7 Å². The van der Waals surface area contributed by atoms with Crippen molar-refractivity contribution >= 4 is 17.7 Å². The Morgan fingerprint density at radius 2 is 1.82 bits per heavy atom. The number of thioether (sulfide) groups is 1. The first kappa shape index (κ1) is 20.1. The van der Waals surface area contributed by atoms with Crippen LogP contribution >= 0.6 is 11.8 Å². The third-order valence-electron chi connectivity index (χ3n) is 4.29. The van der Waals surface area contributed by atoms with E-state index in [-0.39, 0.29) is 12.5 Å². The van der Waals surface area contributed by atoms with E-state index in [2.05, 4.69) is 77.9 Å². The molecule has 0 atom stereocenters. The number of tetrazole rings is 1. The summed E-state index contributed by atoms with van der Waals surface area (Å²) in [7, 11) is 0. The van der Waals surface area contributed by atoms with Gasteiger partial charge in [0.15, 0.2) is 0 Å². The average Bonchev–Trinajstić information content (AvgIpc) is 3.15. The number of rotatable bonds is 8. The number of aryl methyl sites for hydroxylation is 1. The summed E-state index contributed by atoms with van der Waals surface area (Å²) in [6.45, 7) is 7.03. The van der Waals surface area contributed by atoms with Gasteiger partial charge in [0.1, 0.15) is 6.54 Å². The second-order valence-corrected chi connectivity index (χ2v) is 8.10. The Kier molecular flexibility index (Phi) is 6.81. The van der Waals surface area contributed by atoms with Crippen molar-refractivity contribution in [1.82, 2.24) is 25.5 Å². The van der Waals surface area contributed by atoms with Crippen molar-refractivity contribution in [2.24, 2.45) is 0 Å². The van der Waals surface area contributed by atoms with E-state index < -0.39 is 0 Å². The molecule has 6 nitrogen and oxygen atoms in total. The zero-order valence-electron chi connectivity index (χ0n) is 16.4. The average molecular weight is 396 g/mol. The summed E-state index contributed by atoms with van der Waals surface area (Å²) in [6, 6.07) is 16.5. The lowest BCUT2D eigenvalue weighted by Gasteiger charge is -2.05. The third kappa shape index (κ3) is 5.66. The molecule has 2 aromatic carbocycles. The van der Waals surface area contributed by atoms with Gasteiger partial charge >= 0.3 is 0 Å². The molecule has 146 valence electrons. The van der Waals surface area contributed by atoms with Crippen LogP contribution in [0, 0.1) is 6.92 Å². The monoisotopic (exact) mass is 395 g/mol. The molecule has 0 bridgehead atoms. The Balaban J connectivity index is 1.45. The number of carbonyl (C=O) groups excluding carboxylic acids is 1. The predicted molar refractivity (Wildman–Crippen MR) is 112 cm³/mol. The summed E-state index contributed by atoms with van der Waals surface area (Å²) >= 11 is 1.72. The van der Waals surface area contributed by atoms with Gasteiger partial charge in [0.25, 0.3) is 0 Å². The molecular formula is C21H25N5OS. The molecule has 0 fully saturated rings. The van der Waals surface area contributed by atoms with E-state index in [1.54, 1.807) is 11.8 Å². The lowest BCUT2D eigenvalue weighted by Crippen LogP contribution is -2.30. The highest BCUT2D eigenvalue weighted by atomic mass is 32.2. The first-order valence-corrected chi connectivity index (χ1v) is 10.3. The Hall–Kier alpha value is -2.67. The van der Waals surface area contributed by atoms with Crippen molar-refractivity contribution in [2.45, 2.75) is 38.1 Å². The number of nitrogens with zero attached hydrogens (tertiary/aromatic N) is 4. The van der Waals surface area contributed by atoms with E-state index in [1.165, 1.54) is 20.8 Å². The SMILES string of the molecule is Cc1ccc(SCCNC(=O)Cn2nnc(-c3ccc(C(C)C)cc3)n2)cc1. The summed E-state index contributed by atoms with van der Waals surface area (Å²) in [5, 5.41) is 15.2. The number of benzene rings is 2. The number of hydrogen-bond acceptors (Lipinski definition) is 5. The quantitative estimate of drug-likeness (QED) is 0.465. The van der Waals surface area contributed by atoms with Gasteiger partial charge in [0.2, 0.25) is 11.7 Å². The van der Waals surface area contributed by atoms with E-state index in [0.717, 1.165) is 11.3 Å². The van der Waals surface area contributed by atoms with Gasteiger partial charge in [-0.2, -0.15) is 4.80 Å². The summed E-state index contributed by atoms with van der Waals surface area (Å²) in [5.74, 6) is 1.69.